The quantitative estimate of drug-likeness (QED) is 0.865. The van der Waals surface area contributed by atoms with Gasteiger partial charge in [-0.15, -0.1) is 0 Å². The average Bonchev–Trinajstić information content (AvgIpc) is 3.10. The summed E-state index contributed by atoms with van der Waals surface area (Å²) in [6, 6.07) is 4.30. The highest BCUT2D eigenvalue weighted by molar-refractivity contribution is 5.94. The van der Waals surface area contributed by atoms with Crippen molar-refractivity contribution in [1.29, 1.82) is 0 Å². The maximum atomic E-state index is 12.1. The largest absolute Gasteiger partial charge is 0.462 e. The van der Waals surface area contributed by atoms with E-state index in [9.17, 15) is 4.79 Å². The van der Waals surface area contributed by atoms with Crippen LogP contribution in [-0.4, -0.2) is 43.2 Å². The highest BCUT2D eigenvalue weighted by atomic mass is 16.5. The van der Waals surface area contributed by atoms with Crippen molar-refractivity contribution in [1.82, 2.24) is 10.3 Å². The van der Waals surface area contributed by atoms with E-state index in [4.69, 9.17) is 4.74 Å². The summed E-state index contributed by atoms with van der Waals surface area (Å²) < 4.78 is 5.15. The van der Waals surface area contributed by atoms with Crippen LogP contribution in [0.2, 0.25) is 0 Å². The van der Waals surface area contributed by atoms with Crippen LogP contribution in [-0.2, 0) is 4.74 Å². The third kappa shape index (κ3) is 3.24. The highest BCUT2D eigenvalue weighted by Crippen LogP contribution is 2.29. The predicted octanol–water partition coefficient (Wildman–Crippen LogP) is 2.23. The molecule has 3 heterocycles. The van der Waals surface area contributed by atoms with Gasteiger partial charge >= 0.3 is 5.97 Å². The van der Waals surface area contributed by atoms with Gasteiger partial charge in [-0.2, -0.15) is 0 Å². The molecule has 2 aliphatic rings. The standard InChI is InChI=1S/C17H25N3O2/c1-2-22-17(21)14-5-3-10-19-16(14)20-11-7-13(8-12-20)15-6-4-9-18-15/h3,5,10,13,15,18H,2,4,6-9,11-12H2,1H3. The van der Waals surface area contributed by atoms with Gasteiger partial charge in [0.05, 0.1) is 6.61 Å². The smallest absolute Gasteiger partial charge is 0.341 e. The van der Waals surface area contributed by atoms with E-state index < -0.39 is 0 Å². The normalized spacial score (nSPS) is 22.8. The minimum Gasteiger partial charge on any atom is -0.462 e. The van der Waals surface area contributed by atoms with Crippen LogP contribution in [0.1, 0.15) is 43.0 Å². The summed E-state index contributed by atoms with van der Waals surface area (Å²) in [6.07, 6.45) is 6.69. The first-order chi connectivity index (χ1) is 10.8. The van der Waals surface area contributed by atoms with Crippen molar-refractivity contribution < 1.29 is 9.53 Å². The number of hydrogen-bond donors (Lipinski definition) is 1. The van der Waals surface area contributed by atoms with Crippen molar-refractivity contribution in [2.45, 2.75) is 38.6 Å². The molecule has 5 heteroatoms. The molecule has 3 rings (SSSR count). The van der Waals surface area contributed by atoms with E-state index in [1.54, 1.807) is 12.3 Å². The van der Waals surface area contributed by atoms with Gasteiger partial charge in [-0.1, -0.05) is 0 Å². The number of rotatable bonds is 4. The van der Waals surface area contributed by atoms with E-state index in [0.717, 1.165) is 44.2 Å². The number of esters is 1. The molecular formula is C17H25N3O2. The van der Waals surface area contributed by atoms with Crippen LogP contribution >= 0.6 is 0 Å². The Bertz CT molecular complexity index is 506. The lowest BCUT2D eigenvalue weighted by molar-refractivity contribution is 0.0526. The van der Waals surface area contributed by atoms with Gasteiger partial charge in [0.1, 0.15) is 11.4 Å². The SMILES string of the molecule is CCOC(=O)c1cccnc1N1CCC(C2CCCN2)CC1. The summed E-state index contributed by atoms with van der Waals surface area (Å²) in [5, 5.41) is 3.62. The van der Waals surface area contributed by atoms with Crippen LogP contribution < -0.4 is 10.2 Å². The number of piperidine rings is 1. The van der Waals surface area contributed by atoms with Crippen LogP contribution in [0.25, 0.3) is 0 Å². The third-order valence-electron chi connectivity index (χ3n) is 4.79. The average molecular weight is 303 g/mol. The zero-order valence-corrected chi connectivity index (χ0v) is 13.3. The molecule has 1 unspecified atom stereocenters. The van der Waals surface area contributed by atoms with Gasteiger partial charge in [0.25, 0.3) is 0 Å². The molecule has 0 spiro atoms. The third-order valence-corrected chi connectivity index (χ3v) is 4.79. The second-order valence-electron chi connectivity index (χ2n) is 6.12. The minimum atomic E-state index is -0.273. The molecular weight excluding hydrogens is 278 g/mol. The first-order valence-electron chi connectivity index (χ1n) is 8.40. The molecule has 2 saturated heterocycles. The number of hydrogen-bond acceptors (Lipinski definition) is 5. The highest BCUT2D eigenvalue weighted by Gasteiger charge is 2.30. The number of carbonyl (C=O) groups excluding carboxylic acids is 1. The molecule has 0 radical (unpaired) electrons. The Hall–Kier alpha value is -1.62. The van der Waals surface area contributed by atoms with Crippen molar-refractivity contribution in [2.75, 3.05) is 31.1 Å². The summed E-state index contributed by atoms with van der Waals surface area (Å²) in [5.74, 6) is 1.26. The Morgan fingerprint density at radius 1 is 1.41 bits per heavy atom. The molecule has 0 bridgehead atoms. The molecule has 2 fully saturated rings. The van der Waals surface area contributed by atoms with E-state index in [0.29, 0.717) is 18.2 Å². The zero-order chi connectivity index (χ0) is 15.4. The first-order valence-corrected chi connectivity index (χ1v) is 8.40. The molecule has 120 valence electrons. The lowest BCUT2D eigenvalue weighted by atomic mass is 9.88. The van der Waals surface area contributed by atoms with Gasteiger partial charge in [0.2, 0.25) is 0 Å². The second kappa shape index (κ2) is 7.09. The molecule has 0 aliphatic carbocycles. The fourth-order valence-corrected chi connectivity index (χ4v) is 3.64. The number of pyridine rings is 1. The molecule has 1 N–H and O–H groups in total. The summed E-state index contributed by atoms with van der Waals surface area (Å²) >= 11 is 0. The van der Waals surface area contributed by atoms with E-state index in [2.05, 4.69) is 15.2 Å². The van der Waals surface area contributed by atoms with Gasteiger partial charge < -0.3 is 15.0 Å². The molecule has 0 aromatic carbocycles. The summed E-state index contributed by atoms with van der Waals surface area (Å²) in [6.45, 7) is 5.31. The second-order valence-corrected chi connectivity index (χ2v) is 6.12. The van der Waals surface area contributed by atoms with Gasteiger partial charge in [0, 0.05) is 25.3 Å². The topological polar surface area (TPSA) is 54.5 Å². The van der Waals surface area contributed by atoms with Crippen molar-refractivity contribution in [3.63, 3.8) is 0 Å². The molecule has 1 atom stereocenters. The maximum absolute atomic E-state index is 12.1. The number of nitrogens with one attached hydrogen (secondary N) is 1. The van der Waals surface area contributed by atoms with Crippen LogP contribution in [0.5, 0.6) is 0 Å². The summed E-state index contributed by atoms with van der Waals surface area (Å²) in [5.41, 5.74) is 0.585. The molecule has 1 aromatic heterocycles. The number of carbonyl (C=O) groups is 1. The fraction of sp³-hybridized carbons (Fsp3) is 0.647. The molecule has 22 heavy (non-hydrogen) atoms. The minimum absolute atomic E-state index is 0.273. The van der Waals surface area contributed by atoms with Gasteiger partial charge in [-0.05, 0) is 57.2 Å². The monoisotopic (exact) mass is 303 g/mol. The molecule has 5 nitrogen and oxygen atoms in total. The predicted molar refractivity (Wildman–Crippen MR) is 86.2 cm³/mol. The van der Waals surface area contributed by atoms with Crippen LogP contribution in [0.3, 0.4) is 0 Å². The number of ether oxygens (including phenoxy) is 1. The lowest BCUT2D eigenvalue weighted by Crippen LogP contribution is -2.41. The first kappa shape index (κ1) is 15.3. The number of nitrogens with zero attached hydrogens (tertiary/aromatic N) is 2. The van der Waals surface area contributed by atoms with Crippen LogP contribution in [0.4, 0.5) is 5.82 Å². The Balaban J connectivity index is 1.67. The fourth-order valence-electron chi connectivity index (χ4n) is 3.64. The Kier molecular flexibility index (Phi) is 4.93. The molecule has 2 aliphatic heterocycles. The zero-order valence-electron chi connectivity index (χ0n) is 13.3. The summed E-state index contributed by atoms with van der Waals surface area (Å²) in [4.78, 5) is 18.8. The van der Waals surface area contributed by atoms with Crippen molar-refractivity contribution in [2.24, 2.45) is 5.92 Å². The van der Waals surface area contributed by atoms with Crippen molar-refractivity contribution in [3.8, 4) is 0 Å². The Morgan fingerprint density at radius 3 is 2.91 bits per heavy atom. The molecule has 0 saturated carbocycles. The summed E-state index contributed by atoms with van der Waals surface area (Å²) in [7, 11) is 0. The number of anilines is 1. The number of aromatic nitrogens is 1. The van der Waals surface area contributed by atoms with Crippen LogP contribution in [0.15, 0.2) is 18.3 Å². The van der Waals surface area contributed by atoms with E-state index >= 15 is 0 Å². The van der Waals surface area contributed by atoms with E-state index in [1.165, 1.54) is 12.8 Å². The lowest BCUT2D eigenvalue weighted by Gasteiger charge is -2.36. The van der Waals surface area contributed by atoms with Gasteiger partial charge in [-0.3, -0.25) is 0 Å². The Morgan fingerprint density at radius 2 is 2.23 bits per heavy atom. The maximum Gasteiger partial charge on any atom is 0.341 e. The van der Waals surface area contributed by atoms with E-state index in [-0.39, 0.29) is 5.97 Å². The van der Waals surface area contributed by atoms with Crippen molar-refractivity contribution >= 4 is 11.8 Å². The van der Waals surface area contributed by atoms with Gasteiger partial charge in [0.15, 0.2) is 0 Å². The molecule has 0 amide bonds. The van der Waals surface area contributed by atoms with E-state index in [1.807, 2.05) is 13.0 Å². The van der Waals surface area contributed by atoms with Crippen molar-refractivity contribution in [3.05, 3.63) is 23.9 Å². The van der Waals surface area contributed by atoms with Crippen LogP contribution in [0, 0.1) is 5.92 Å². The molecule has 1 aromatic rings. The van der Waals surface area contributed by atoms with Gasteiger partial charge in [-0.25, -0.2) is 9.78 Å². The Labute approximate surface area is 132 Å².